The Labute approximate surface area is 155 Å². The second-order valence-corrected chi connectivity index (χ2v) is 6.11. The van der Waals surface area contributed by atoms with E-state index in [1.807, 2.05) is 0 Å². The lowest BCUT2D eigenvalue weighted by Crippen LogP contribution is -2.30. The number of fused-ring (bicyclic) bond motifs is 1. The Morgan fingerprint density at radius 1 is 1.04 bits per heavy atom. The van der Waals surface area contributed by atoms with E-state index in [0.29, 0.717) is 5.56 Å². The van der Waals surface area contributed by atoms with Crippen LogP contribution in [0.4, 0.5) is 18.9 Å². The van der Waals surface area contributed by atoms with Gasteiger partial charge in [0.2, 0.25) is 0 Å². The number of aromatic hydroxyl groups is 2. The molecule has 3 N–H and O–H groups in total. The van der Waals surface area contributed by atoms with E-state index in [0.717, 1.165) is 12.1 Å². The van der Waals surface area contributed by atoms with Gasteiger partial charge in [-0.2, -0.15) is 13.2 Å². The molecule has 0 atom stereocenters. The zero-order valence-corrected chi connectivity index (χ0v) is 14.2. The van der Waals surface area contributed by atoms with Crippen LogP contribution in [0.5, 0.6) is 11.5 Å². The first-order chi connectivity index (χ1) is 13.0. The minimum atomic E-state index is -5.20. The Bertz CT molecular complexity index is 1070. The van der Waals surface area contributed by atoms with Crippen molar-refractivity contribution in [2.24, 2.45) is 0 Å². The smallest absolute Gasteiger partial charge is 0.471 e. The summed E-state index contributed by atoms with van der Waals surface area (Å²) in [4.78, 5) is 36.5. The zero-order chi connectivity index (χ0) is 20.8. The van der Waals surface area contributed by atoms with Crippen molar-refractivity contribution >= 4 is 28.7 Å². The number of allylic oxidation sites excluding steroid dienone is 2. The zero-order valence-electron chi connectivity index (χ0n) is 14.2. The molecule has 0 aliphatic heterocycles. The van der Waals surface area contributed by atoms with E-state index in [-0.39, 0.29) is 11.1 Å². The van der Waals surface area contributed by atoms with E-state index >= 15 is 0 Å². The average molecular weight is 391 g/mol. The van der Waals surface area contributed by atoms with Gasteiger partial charge < -0.3 is 15.5 Å². The molecule has 3 rings (SSSR count). The van der Waals surface area contributed by atoms with Crippen molar-refractivity contribution in [2.45, 2.75) is 13.1 Å². The predicted octanol–water partition coefficient (Wildman–Crippen LogP) is 3.37. The monoisotopic (exact) mass is 391 g/mol. The number of Topliss-reactive ketones (excluding diaryl/α,β-unsaturated/α-hetero) is 1. The van der Waals surface area contributed by atoms with Crippen LogP contribution >= 0.6 is 0 Å². The number of hydrogen-bond donors (Lipinski definition) is 3. The number of benzene rings is 2. The molecule has 0 aromatic heterocycles. The van der Waals surface area contributed by atoms with Gasteiger partial charge in [-0.25, -0.2) is 0 Å². The second kappa shape index (κ2) is 6.52. The Kier molecular flexibility index (Phi) is 4.46. The number of aryl methyl sites for hydroxylation is 1. The Morgan fingerprint density at radius 2 is 1.71 bits per heavy atom. The van der Waals surface area contributed by atoms with Crippen LogP contribution in [0.1, 0.15) is 31.8 Å². The minimum absolute atomic E-state index is 0.171. The van der Waals surface area contributed by atoms with Crippen molar-refractivity contribution in [3.63, 3.8) is 0 Å². The lowest BCUT2D eigenvalue weighted by Gasteiger charge is -2.20. The molecule has 0 saturated carbocycles. The van der Waals surface area contributed by atoms with Crippen molar-refractivity contribution in [1.82, 2.24) is 0 Å². The molecule has 0 spiro atoms. The fourth-order valence-electron chi connectivity index (χ4n) is 2.93. The molecule has 1 aliphatic carbocycles. The molecule has 9 heteroatoms. The third-order valence-electron chi connectivity index (χ3n) is 4.09. The topological polar surface area (TPSA) is 104 Å². The third-order valence-corrected chi connectivity index (χ3v) is 4.09. The SMILES string of the molecule is Cc1cc(O)c(C2=CC(=O)c3c(O)cccc3C2=O)c(NC(=O)C(F)(F)F)c1. The van der Waals surface area contributed by atoms with Crippen molar-refractivity contribution in [3.8, 4) is 11.5 Å². The summed E-state index contributed by atoms with van der Waals surface area (Å²) in [5, 5.41) is 21.7. The van der Waals surface area contributed by atoms with Gasteiger partial charge in [0.1, 0.15) is 11.5 Å². The van der Waals surface area contributed by atoms with Gasteiger partial charge >= 0.3 is 12.1 Å². The van der Waals surface area contributed by atoms with Gasteiger partial charge in [-0.05, 0) is 36.8 Å². The molecular formula is C19H12F3NO5. The number of carbonyl (C=O) groups excluding carboxylic acids is 3. The molecule has 2 aromatic rings. The van der Waals surface area contributed by atoms with Gasteiger partial charge in [0.05, 0.1) is 16.8 Å². The Morgan fingerprint density at radius 3 is 2.36 bits per heavy atom. The van der Waals surface area contributed by atoms with Crippen LogP contribution in [0.3, 0.4) is 0 Å². The standard InChI is InChI=1S/C19H12F3NO5/c1-8-5-11(23-18(28)19(20,21)22)15(13(25)6-8)10-7-14(26)16-9(17(10)27)3-2-4-12(16)24/h2-7,24-25H,1H3,(H,23,28). The van der Waals surface area contributed by atoms with Gasteiger partial charge in [0.25, 0.3) is 0 Å². The van der Waals surface area contributed by atoms with Crippen LogP contribution in [0.15, 0.2) is 36.4 Å². The minimum Gasteiger partial charge on any atom is -0.507 e. The number of hydrogen-bond acceptors (Lipinski definition) is 5. The molecule has 0 saturated heterocycles. The van der Waals surface area contributed by atoms with E-state index in [1.165, 1.54) is 31.2 Å². The fourth-order valence-corrected chi connectivity index (χ4v) is 2.93. The highest BCUT2D eigenvalue weighted by Crippen LogP contribution is 2.40. The number of ketones is 2. The summed E-state index contributed by atoms with van der Waals surface area (Å²) in [5.41, 5.74) is -1.41. The molecule has 0 unspecified atom stereocenters. The first-order valence-corrected chi connectivity index (χ1v) is 7.85. The second-order valence-electron chi connectivity index (χ2n) is 6.11. The first-order valence-electron chi connectivity index (χ1n) is 7.85. The molecule has 0 bridgehead atoms. The van der Waals surface area contributed by atoms with Gasteiger partial charge in [-0.1, -0.05) is 12.1 Å². The number of phenolic OH excluding ortho intramolecular Hbond substituents is 2. The summed E-state index contributed by atoms with van der Waals surface area (Å²) in [6.45, 7) is 1.46. The van der Waals surface area contributed by atoms with Crippen LogP contribution < -0.4 is 5.32 Å². The number of amides is 1. The van der Waals surface area contributed by atoms with Crippen LogP contribution in [0.2, 0.25) is 0 Å². The molecule has 0 radical (unpaired) electrons. The fraction of sp³-hybridized carbons (Fsp3) is 0.105. The number of halogens is 3. The van der Waals surface area contributed by atoms with Crippen molar-refractivity contribution in [1.29, 1.82) is 0 Å². The highest BCUT2D eigenvalue weighted by molar-refractivity contribution is 6.40. The molecule has 0 heterocycles. The van der Waals surface area contributed by atoms with Crippen molar-refractivity contribution in [2.75, 3.05) is 5.32 Å². The molecule has 2 aromatic carbocycles. The van der Waals surface area contributed by atoms with E-state index < -0.39 is 52.0 Å². The summed E-state index contributed by atoms with van der Waals surface area (Å²) < 4.78 is 38.0. The molecule has 144 valence electrons. The van der Waals surface area contributed by atoms with Crippen LogP contribution in [-0.2, 0) is 4.79 Å². The molecular weight excluding hydrogens is 379 g/mol. The van der Waals surface area contributed by atoms with Gasteiger partial charge in [-0.3, -0.25) is 14.4 Å². The van der Waals surface area contributed by atoms with E-state index in [4.69, 9.17) is 0 Å². The van der Waals surface area contributed by atoms with Gasteiger partial charge in [0.15, 0.2) is 11.6 Å². The number of anilines is 1. The average Bonchev–Trinajstić information content (AvgIpc) is 2.57. The maximum absolute atomic E-state index is 12.8. The number of nitrogens with one attached hydrogen (secondary N) is 1. The molecule has 28 heavy (non-hydrogen) atoms. The third kappa shape index (κ3) is 3.22. The predicted molar refractivity (Wildman–Crippen MR) is 92.3 cm³/mol. The summed E-state index contributed by atoms with van der Waals surface area (Å²) in [6, 6.07) is 6.11. The maximum Gasteiger partial charge on any atom is 0.471 e. The van der Waals surface area contributed by atoms with Crippen molar-refractivity contribution in [3.05, 3.63) is 58.7 Å². The lowest BCUT2D eigenvalue weighted by molar-refractivity contribution is -0.167. The van der Waals surface area contributed by atoms with Gasteiger partial charge in [0, 0.05) is 11.1 Å². The van der Waals surface area contributed by atoms with Crippen LogP contribution in [0.25, 0.3) is 5.57 Å². The number of phenols is 2. The molecule has 1 amide bonds. The first kappa shape index (κ1) is 19.2. The maximum atomic E-state index is 12.8. The lowest BCUT2D eigenvalue weighted by atomic mass is 9.84. The normalized spacial score (nSPS) is 13.8. The largest absolute Gasteiger partial charge is 0.507 e. The number of carbonyl (C=O) groups is 3. The van der Waals surface area contributed by atoms with Crippen LogP contribution in [-0.4, -0.2) is 33.9 Å². The van der Waals surface area contributed by atoms with Crippen LogP contribution in [0, 0.1) is 6.92 Å². The number of alkyl halides is 3. The number of rotatable bonds is 2. The van der Waals surface area contributed by atoms with Crippen molar-refractivity contribution < 1.29 is 37.8 Å². The Hall–Kier alpha value is -3.62. The highest BCUT2D eigenvalue weighted by atomic mass is 19.4. The highest BCUT2D eigenvalue weighted by Gasteiger charge is 2.40. The summed E-state index contributed by atoms with van der Waals surface area (Å²) in [5.74, 6) is -4.88. The summed E-state index contributed by atoms with van der Waals surface area (Å²) in [7, 11) is 0. The molecule has 6 nitrogen and oxygen atoms in total. The Balaban J connectivity index is 2.18. The van der Waals surface area contributed by atoms with Gasteiger partial charge in [-0.15, -0.1) is 0 Å². The molecule has 1 aliphatic rings. The van der Waals surface area contributed by atoms with E-state index in [9.17, 15) is 37.8 Å². The van der Waals surface area contributed by atoms with E-state index in [1.54, 1.807) is 5.32 Å². The quantitative estimate of drug-likeness (QED) is 0.728. The molecule has 0 fully saturated rings. The summed E-state index contributed by atoms with van der Waals surface area (Å²) in [6.07, 6.45) is -4.40. The van der Waals surface area contributed by atoms with E-state index in [2.05, 4.69) is 0 Å². The summed E-state index contributed by atoms with van der Waals surface area (Å²) >= 11 is 0.